The first-order chi connectivity index (χ1) is 9.74. The highest BCUT2D eigenvalue weighted by atomic mass is 16.4. The fourth-order valence-electron chi connectivity index (χ4n) is 2.46. The lowest BCUT2D eigenvalue weighted by Gasteiger charge is -2.30. The molecule has 0 saturated carbocycles. The van der Waals surface area contributed by atoms with Gasteiger partial charge in [0.1, 0.15) is 11.8 Å². The molecule has 0 bridgehead atoms. The summed E-state index contributed by atoms with van der Waals surface area (Å²) in [7, 11) is 0. The number of hydrogen-bond donors (Lipinski definition) is 2. The normalized spacial score (nSPS) is 14.8. The van der Waals surface area contributed by atoms with Gasteiger partial charge in [-0.15, -0.1) is 0 Å². The summed E-state index contributed by atoms with van der Waals surface area (Å²) in [6.45, 7) is 11.0. The Balaban J connectivity index is 2.46. The van der Waals surface area contributed by atoms with Crippen LogP contribution < -0.4 is 11.1 Å². The maximum absolute atomic E-state index is 12.1. The monoisotopic (exact) mass is 295 g/mol. The average Bonchev–Trinajstić information content (AvgIpc) is 2.79. The molecule has 1 aromatic heterocycles. The zero-order valence-corrected chi connectivity index (χ0v) is 13.9. The summed E-state index contributed by atoms with van der Waals surface area (Å²) in [5.74, 6) is 1.79. The molecule has 1 amide bonds. The fraction of sp³-hybridized carbons (Fsp3) is 0.750. The molecule has 120 valence electrons. The number of carbonyl (C=O) groups is 1. The predicted molar refractivity (Wildman–Crippen MR) is 83.6 cm³/mol. The third-order valence-corrected chi connectivity index (χ3v) is 3.85. The number of aromatic nitrogens is 1. The van der Waals surface area contributed by atoms with E-state index in [1.54, 1.807) is 6.20 Å². The van der Waals surface area contributed by atoms with Gasteiger partial charge in [-0.1, -0.05) is 20.8 Å². The molecule has 3 N–H and O–H groups in total. The minimum Gasteiger partial charge on any atom is -0.444 e. The molecule has 0 aliphatic heterocycles. The van der Waals surface area contributed by atoms with Crippen molar-refractivity contribution in [1.29, 1.82) is 0 Å². The maximum atomic E-state index is 12.1. The van der Waals surface area contributed by atoms with Gasteiger partial charge in [-0.2, -0.15) is 0 Å². The summed E-state index contributed by atoms with van der Waals surface area (Å²) in [5.41, 5.74) is 5.84. The molecule has 2 unspecified atom stereocenters. The second kappa shape index (κ2) is 7.59. The quantitative estimate of drug-likeness (QED) is 0.810. The van der Waals surface area contributed by atoms with Crippen molar-refractivity contribution < 1.29 is 9.21 Å². The van der Waals surface area contributed by atoms with Crippen LogP contribution in [0.5, 0.6) is 0 Å². The molecule has 1 aromatic rings. The molecule has 0 fully saturated rings. The molecule has 0 aliphatic carbocycles. The van der Waals surface area contributed by atoms with Crippen molar-refractivity contribution in [2.75, 3.05) is 6.54 Å². The number of aryl methyl sites for hydroxylation is 1. The van der Waals surface area contributed by atoms with Crippen LogP contribution in [0.3, 0.4) is 0 Å². The molecule has 0 aromatic carbocycles. The standard InChI is InChI=1S/C16H29N3O2/c1-11-10-18-15(21-11)12(2)19-14(20)7-6-13(8-9-17)16(3,4)5/h10,12-13H,6-9,17H2,1-5H3,(H,19,20). The van der Waals surface area contributed by atoms with Crippen LogP contribution >= 0.6 is 0 Å². The summed E-state index contributed by atoms with van der Waals surface area (Å²) in [6.07, 6.45) is 3.97. The van der Waals surface area contributed by atoms with Crippen molar-refractivity contribution in [3.63, 3.8) is 0 Å². The zero-order chi connectivity index (χ0) is 16.0. The van der Waals surface area contributed by atoms with Crippen LogP contribution in [0.4, 0.5) is 0 Å². The first-order valence-corrected chi connectivity index (χ1v) is 7.65. The molecule has 1 rings (SSSR count). The van der Waals surface area contributed by atoms with Gasteiger partial charge in [0.05, 0.1) is 6.20 Å². The van der Waals surface area contributed by atoms with Crippen molar-refractivity contribution in [3.05, 3.63) is 17.8 Å². The number of nitrogens with one attached hydrogen (secondary N) is 1. The summed E-state index contributed by atoms with van der Waals surface area (Å²) in [4.78, 5) is 16.2. The van der Waals surface area contributed by atoms with Crippen LogP contribution in [0, 0.1) is 18.3 Å². The molecule has 21 heavy (non-hydrogen) atoms. The highest BCUT2D eigenvalue weighted by molar-refractivity contribution is 5.76. The van der Waals surface area contributed by atoms with E-state index in [0.29, 0.717) is 24.8 Å². The highest BCUT2D eigenvalue weighted by Gasteiger charge is 2.24. The summed E-state index contributed by atoms with van der Waals surface area (Å²) in [6, 6.07) is -0.200. The summed E-state index contributed by atoms with van der Waals surface area (Å²) >= 11 is 0. The Morgan fingerprint density at radius 2 is 2.10 bits per heavy atom. The number of carbonyl (C=O) groups excluding carboxylic acids is 1. The van der Waals surface area contributed by atoms with Gasteiger partial charge in [-0.3, -0.25) is 4.79 Å². The van der Waals surface area contributed by atoms with Crippen molar-refractivity contribution in [3.8, 4) is 0 Å². The van der Waals surface area contributed by atoms with Crippen LogP contribution in [-0.2, 0) is 4.79 Å². The van der Waals surface area contributed by atoms with E-state index in [-0.39, 0.29) is 17.4 Å². The van der Waals surface area contributed by atoms with Gasteiger partial charge in [0, 0.05) is 6.42 Å². The van der Waals surface area contributed by atoms with E-state index < -0.39 is 0 Å². The molecular weight excluding hydrogens is 266 g/mol. The van der Waals surface area contributed by atoms with Crippen molar-refractivity contribution in [2.45, 2.75) is 59.9 Å². The Hall–Kier alpha value is -1.36. The van der Waals surface area contributed by atoms with Gasteiger partial charge in [0.25, 0.3) is 0 Å². The topological polar surface area (TPSA) is 81.2 Å². The molecule has 1 heterocycles. The average molecular weight is 295 g/mol. The Kier molecular flexibility index (Phi) is 6.40. The first-order valence-electron chi connectivity index (χ1n) is 7.65. The van der Waals surface area contributed by atoms with E-state index in [1.165, 1.54) is 0 Å². The number of nitrogens with zero attached hydrogens (tertiary/aromatic N) is 1. The van der Waals surface area contributed by atoms with Gasteiger partial charge >= 0.3 is 0 Å². The molecule has 2 atom stereocenters. The van der Waals surface area contributed by atoms with Crippen molar-refractivity contribution in [2.24, 2.45) is 17.1 Å². The largest absolute Gasteiger partial charge is 0.444 e. The molecule has 0 saturated heterocycles. The Bertz CT molecular complexity index is 449. The first kappa shape index (κ1) is 17.7. The summed E-state index contributed by atoms with van der Waals surface area (Å²) in [5, 5.41) is 2.93. The lowest BCUT2D eigenvalue weighted by atomic mass is 9.76. The highest BCUT2D eigenvalue weighted by Crippen LogP contribution is 2.32. The Morgan fingerprint density at radius 1 is 1.43 bits per heavy atom. The second-order valence-corrected chi connectivity index (χ2v) is 6.78. The Labute approximate surface area is 127 Å². The van der Waals surface area contributed by atoms with Gasteiger partial charge in [-0.25, -0.2) is 4.98 Å². The van der Waals surface area contributed by atoms with E-state index in [9.17, 15) is 4.79 Å². The van der Waals surface area contributed by atoms with Crippen molar-refractivity contribution >= 4 is 5.91 Å². The van der Waals surface area contributed by atoms with E-state index in [1.807, 2.05) is 13.8 Å². The van der Waals surface area contributed by atoms with E-state index in [4.69, 9.17) is 10.2 Å². The predicted octanol–water partition coefficient (Wildman–Crippen LogP) is 2.95. The molecule has 0 aliphatic rings. The third kappa shape index (κ3) is 5.87. The van der Waals surface area contributed by atoms with Gasteiger partial charge in [0.2, 0.25) is 11.8 Å². The maximum Gasteiger partial charge on any atom is 0.220 e. The molecule has 5 heteroatoms. The molecule has 0 spiro atoms. The van der Waals surface area contributed by atoms with Gasteiger partial charge < -0.3 is 15.5 Å². The van der Waals surface area contributed by atoms with Crippen LogP contribution in [0.2, 0.25) is 0 Å². The van der Waals surface area contributed by atoms with E-state index in [2.05, 4.69) is 31.1 Å². The number of nitrogens with two attached hydrogens (primary N) is 1. The SMILES string of the molecule is Cc1cnc(C(C)NC(=O)CCC(CCN)C(C)(C)C)o1. The minimum atomic E-state index is -0.200. The van der Waals surface area contributed by atoms with Crippen LogP contribution in [0.15, 0.2) is 10.6 Å². The molecular formula is C16H29N3O2. The van der Waals surface area contributed by atoms with Crippen LogP contribution in [-0.4, -0.2) is 17.4 Å². The van der Waals surface area contributed by atoms with E-state index in [0.717, 1.165) is 18.6 Å². The number of amides is 1. The smallest absolute Gasteiger partial charge is 0.220 e. The third-order valence-electron chi connectivity index (χ3n) is 3.85. The fourth-order valence-corrected chi connectivity index (χ4v) is 2.46. The minimum absolute atomic E-state index is 0.0321. The van der Waals surface area contributed by atoms with Gasteiger partial charge in [0.15, 0.2) is 0 Å². The lowest BCUT2D eigenvalue weighted by molar-refractivity contribution is -0.122. The molecule has 5 nitrogen and oxygen atoms in total. The number of oxazole rings is 1. The summed E-state index contributed by atoms with van der Waals surface area (Å²) < 4.78 is 5.42. The lowest BCUT2D eigenvalue weighted by Crippen LogP contribution is -2.29. The second-order valence-electron chi connectivity index (χ2n) is 6.78. The van der Waals surface area contributed by atoms with E-state index >= 15 is 0 Å². The van der Waals surface area contributed by atoms with Crippen LogP contribution in [0.25, 0.3) is 0 Å². The van der Waals surface area contributed by atoms with Crippen molar-refractivity contribution in [1.82, 2.24) is 10.3 Å². The van der Waals surface area contributed by atoms with Gasteiger partial charge in [-0.05, 0) is 44.6 Å². The van der Waals surface area contributed by atoms with Crippen LogP contribution in [0.1, 0.15) is 64.7 Å². The number of rotatable bonds is 7. The zero-order valence-electron chi connectivity index (χ0n) is 13.9. The number of hydrogen-bond acceptors (Lipinski definition) is 4. The Morgan fingerprint density at radius 3 is 2.57 bits per heavy atom. The molecule has 0 radical (unpaired) electrons.